The Morgan fingerprint density at radius 2 is 1.69 bits per heavy atom. The van der Waals surface area contributed by atoms with Crippen molar-refractivity contribution < 1.29 is 13.2 Å². The van der Waals surface area contributed by atoms with E-state index in [2.05, 4.69) is 10.0 Å². The molecule has 0 bridgehead atoms. The van der Waals surface area contributed by atoms with Crippen LogP contribution in [0.25, 0.3) is 11.1 Å². The standard InChI is InChI=1S/C19H18N2O3S2/c1-26(23,24)21-16-9-7-14(8-10-16)13-20-19(22)18-17(11-12-25-18)15-5-3-2-4-6-15/h2-12,21H,13H2,1H3,(H,20,22). The highest BCUT2D eigenvalue weighted by Crippen LogP contribution is 2.28. The Bertz CT molecular complexity index is 995. The maximum absolute atomic E-state index is 12.5. The molecule has 1 aromatic heterocycles. The van der Waals surface area contributed by atoms with E-state index in [0.29, 0.717) is 17.1 Å². The molecular weight excluding hydrogens is 368 g/mol. The van der Waals surface area contributed by atoms with Crippen molar-refractivity contribution in [2.75, 3.05) is 11.0 Å². The normalized spacial score (nSPS) is 11.1. The summed E-state index contributed by atoms with van der Waals surface area (Å²) in [6, 6.07) is 18.6. The number of hydrogen-bond donors (Lipinski definition) is 2. The first-order valence-electron chi connectivity index (χ1n) is 7.90. The molecule has 0 aliphatic carbocycles. The lowest BCUT2D eigenvalue weighted by Gasteiger charge is -2.08. The van der Waals surface area contributed by atoms with Crippen molar-refractivity contribution in [2.24, 2.45) is 0 Å². The van der Waals surface area contributed by atoms with Gasteiger partial charge in [-0.2, -0.15) is 0 Å². The van der Waals surface area contributed by atoms with E-state index in [4.69, 9.17) is 0 Å². The van der Waals surface area contributed by atoms with E-state index in [0.717, 1.165) is 22.9 Å². The summed E-state index contributed by atoms with van der Waals surface area (Å²) >= 11 is 1.41. The minimum absolute atomic E-state index is 0.128. The van der Waals surface area contributed by atoms with Crippen molar-refractivity contribution >= 4 is 33.0 Å². The molecule has 0 atom stereocenters. The fraction of sp³-hybridized carbons (Fsp3) is 0.105. The van der Waals surface area contributed by atoms with Gasteiger partial charge in [0.1, 0.15) is 0 Å². The van der Waals surface area contributed by atoms with Gasteiger partial charge in [-0.05, 0) is 34.7 Å². The molecule has 0 unspecified atom stereocenters. The van der Waals surface area contributed by atoms with Crippen LogP contribution in [-0.2, 0) is 16.6 Å². The molecule has 2 aromatic carbocycles. The van der Waals surface area contributed by atoms with Gasteiger partial charge in [0.05, 0.1) is 11.1 Å². The van der Waals surface area contributed by atoms with E-state index >= 15 is 0 Å². The Balaban J connectivity index is 1.66. The molecule has 0 saturated heterocycles. The molecule has 1 heterocycles. The van der Waals surface area contributed by atoms with Crippen LogP contribution >= 0.6 is 11.3 Å². The fourth-order valence-electron chi connectivity index (χ4n) is 2.50. The third kappa shape index (κ3) is 4.71. The van der Waals surface area contributed by atoms with Crippen LogP contribution in [0.15, 0.2) is 66.0 Å². The van der Waals surface area contributed by atoms with Crippen molar-refractivity contribution in [1.29, 1.82) is 0 Å². The number of rotatable bonds is 6. The summed E-state index contributed by atoms with van der Waals surface area (Å²) in [7, 11) is -3.29. The Hall–Kier alpha value is -2.64. The van der Waals surface area contributed by atoms with E-state index in [9.17, 15) is 13.2 Å². The Morgan fingerprint density at radius 1 is 1.00 bits per heavy atom. The third-order valence-electron chi connectivity index (χ3n) is 3.67. The third-order valence-corrected chi connectivity index (χ3v) is 5.19. The molecular formula is C19H18N2O3S2. The maximum atomic E-state index is 12.5. The zero-order valence-corrected chi connectivity index (χ0v) is 15.7. The second-order valence-corrected chi connectivity index (χ2v) is 8.45. The number of hydrogen-bond acceptors (Lipinski definition) is 4. The van der Waals surface area contributed by atoms with Crippen LogP contribution in [0.5, 0.6) is 0 Å². The minimum atomic E-state index is -3.29. The van der Waals surface area contributed by atoms with Gasteiger partial charge in [-0.1, -0.05) is 42.5 Å². The number of amides is 1. The largest absolute Gasteiger partial charge is 0.347 e. The van der Waals surface area contributed by atoms with Crippen LogP contribution < -0.4 is 10.0 Å². The van der Waals surface area contributed by atoms with E-state index in [1.807, 2.05) is 41.8 Å². The smallest absolute Gasteiger partial charge is 0.262 e. The summed E-state index contributed by atoms with van der Waals surface area (Å²) in [6.45, 7) is 0.365. The lowest BCUT2D eigenvalue weighted by Crippen LogP contribution is -2.22. The summed E-state index contributed by atoms with van der Waals surface area (Å²) < 4.78 is 24.8. The summed E-state index contributed by atoms with van der Waals surface area (Å²) in [6.07, 6.45) is 1.10. The van der Waals surface area contributed by atoms with Crippen LogP contribution in [0.2, 0.25) is 0 Å². The van der Waals surface area contributed by atoms with E-state index in [1.165, 1.54) is 11.3 Å². The van der Waals surface area contributed by atoms with Crippen LogP contribution in [0.4, 0.5) is 5.69 Å². The van der Waals surface area contributed by atoms with E-state index < -0.39 is 10.0 Å². The van der Waals surface area contributed by atoms with Crippen LogP contribution in [0.1, 0.15) is 15.2 Å². The molecule has 7 heteroatoms. The van der Waals surface area contributed by atoms with Gasteiger partial charge in [-0.3, -0.25) is 9.52 Å². The number of sulfonamides is 1. The van der Waals surface area contributed by atoms with Gasteiger partial charge >= 0.3 is 0 Å². The van der Waals surface area contributed by atoms with Crippen molar-refractivity contribution in [3.63, 3.8) is 0 Å². The molecule has 0 fully saturated rings. The molecule has 0 aliphatic heterocycles. The summed E-state index contributed by atoms with van der Waals surface area (Å²) in [5, 5.41) is 4.82. The molecule has 2 N–H and O–H groups in total. The van der Waals surface area contributed by atoms with Crippen LogP contribution in [-0.4, -0.2) is 20.6 Å². The number of thiophene rings is 1. The molecule has 134 valence electrons. The fourth-order valence-corrected chi connectivity index (χ4v) is 3.89. The highest BCUT2D eigenvalue weighted by Gasteiger charge is 2.14. The SMILES string of the molecule is CS(=O)(=O)Nc1ccc(CNC(=O)c2sccc2-c2ccccc2)cc1. The van der Waals surface area contributed by atoms with Gasteiger partial charge in [-0.25, -0.2) is 8.42 Å². The zero-order valence-electron chi connectivity index (χ0n) is 14.1. The second-order valence-electron chi connectivity index (χ2n) is 5.78. The molecule has 0 radical (unpaired) electrons. The Morgan fingerprint density at radius 3 is 2.35 bits per heavy atom. The first-order chi connectivity index (χ1) is 12.4. The quantitative estimate of drug-likeness (QED) is 0.678. The molecule has 0 aliphatic rings. The summed E-state index contributed by atoms with van der Waals surface area (Å²) in [5.74, 6) is -0.128. The number of nitrogens with one attached hydrogen (secondary N) is 2. The Labute approximate surface area is 156 Å². The molecule has 3 aromatic rings. The summed E-state index contributed by atoms with van der Waals surface area (Å²) in [4.78, 5) is 13.2. The van der Waals surface area contributed by atoms with E-state index in [1.54, 1.807) is 24.3 Å². The van der Waals surface area contributed by atoms with E-state index in [-0.39, 0.29) is 5.91 Å². The highest BCUT2D eigenvalue weighted by atomic mass is 32.2. The van der Waals surface area contributed by atoms with Crippen molar-refractivity contribution in [3.8, 4) is 11.1 Å². The second kappa shape index (κ2) is 7.72. The first-order valence-corrected chi connectivity index (χ1v) is 10.7. The molecule has 0 spiro atoms. The lowest BCUT2D eigenvalue weighted by molar-refractivity contribution is 0.0955. The van der Waals surface area contributed by atoms with Crippen molar-refractivity contribution in [2.45, 2.75) is 6.54 Å². The van der Waals surface area contributed by atoms with Crippen LogP contribution in [0.3, 0.4) is 0 Å². The average molecular weight is 386 g/mol. The van der Waals surface area contributed by atoms with Gasteiger partial charge in [0, 0.05) is 17.8 Å². The molecule has 3 rings (SSSR count). The molecule has 1 amide bonds. The molecule has 5 nitrogen and oxygen atoms in total. The maximum Gasteiger partial charge on any atom is 0.262 e. The predicted octanol–water partition coefficient (Wildman–Crippen LogP) is 3.72. The van der Waals surface area contributed by atoms with Gasteiger partial charge in [0.2, 0.25) is 10.0 Å². The van der Waals surface area contributed by atoms with Gasteiger partial charge in [-0.15, -0.1) is 11.3 Å². The first kappa shape index (κ1) is 18.2. The van der Waals surface area contributed by atoms with Gasteiger partial charge in [0.25, 0.3) is 5.91 Å². The monoisotopic (exact) mass is 386 g/mol. The number of benzene rings is 2. The summed E-state index contributed by atoms with van der Waals surface area (Å²) in [5.41, 5.74) is 3.30. The van der Waals surface area contributed by atoms with Crippen molar-refractivity contribution in [3.05, 3.63) is 76.5 Å². The lowest BCUT2D eigenvalue weighted by atomic mass is 10.1. The van der Waals surface area contributed by atoms with Gasteiger partial charge in [0.15, 0.2) is 0 Å². The number of anilines is 1. The predicted molar refractivity (Wildman–Crippen MR) is 106 cm³/mol. The van der Waals surface area contributed by atoms with Crippen LogP contribution in [0, 0.1) is 0 Å². The highest BCUT2D eigenvalue weighted by molar-refractivity contribution is 7.92. The van der Waals surface area contributed by atoms with Crippen molar-refractivity contribution in [1.82, 2.24) is 5.32 Å². The number of carbonyl (C=O) groups is 1. The average Bonchev–Trinajstić information content (AvgIpc) is 3.10. The topological polar surface area (TPSA) is 75.3 Å². The minimum Gasteiger partial charge on any atom is -0.347 e. The Kier molecular flexibility index (Phi) is 5.39. The molecule has 26 heavy (non-hydrogen) atoms. The number of carbonyl (C=O) groups excluding carboxylic acids is 1. The zero-order chi connectivity index (χ0) is 18.6. The van der Waals surface area contributed by atoms with Gasteiger partial charge < -0.3 is 5.32 Å². The molecule has 0 saturated carbocycles.